The number of hydrogen-bond donors (Lipinski definition) is 1. The molecule has 2 N–H and O–H groups in total. The highest BCUT2D eigenvalue weighted by Crippen LogP contribution is 2.45. The molecule has 0 aliphatic heterocycles. The van der Waals surface area contributed by atoms with E-state index in [0.717, 1.165) is 12.1 Å². The summed E-state index contributed by atoms with van der Waals surface area (Å²) < 4.78 is 0. The molecule has 1 aliphatic rings. The molecule has 0 saturated carbocycles. The molecular weight excluding hydrogens is 208 g/mol. The zero-order valence-corrected chi connectivity index (χ0v) is 9.98. The fourth-order valence-electron chi connectivity index (χ4n) is 2.76. The van der Waals surface area contributed by atoms with Crippen LogP contribution >= 0.6 is 0 Å². The fraction of sp³-hybridized carbons (Fsp3) is 0.267. The molecule has 0 amide bonds. The summed E-state index contributed by atoms with van der Waals surface area (Å²) in [5.74, 6) is 0.429. The Bertz CT molecular complexity index is 561. The van der Waals surface area contributed by atoms with Crippen LogP contribution in [0.3, 0.4) is 0 Å². The maximum atomic E-state index is 5.74. The third-order valence-corrected chi connectivity index (χ3v) is 3.51. The zero-order chi connectivity index (χ0) is 11.8. The lowest BCUT2D eigenvalue weighted by Gasteiger charge is -2.11. The molecule has 17 heavy (non-hydrogen) atoms. The van der Waals surface area contributed by atoms with Gasteiger partial charge in [0, 0.05) is 17.7 Å². The first-order valence-corrected chi connectivity index (χ1v) is 6.07. The first-order valence-electron chi connectivity index (χ1n) is 6.07. The van der Waals surface area contributed by atoms with E-state index in [1.165, 1.54) is 22.3 Å². The van der Waals surface area contributed by atoms with Gasteiger partial charge in [0.15, 0.2) is 0 Å². The third-order valence-electron chi connectivity index (χ3n) is 3.51. The molecule has 0 bridgehead atoms. The molecule has 0 radical (unpaired) electrons. The van der Waals surface area contributed by atoms with Crippen molar-refractivity contribution >= 4 is 0 Å². The van der Waals surface area contributed by atoms with E-state index in [1.807, 2.05) is 12.3 Å². The second-order valence-corrected chi connectivity index (χ2v) is 4.66. The topological polar surface area (TPSA) is 38.9 Å². The standard InChI is InChI=1S/C15H16N2/c1-10-4-5-13-14(9-10)11(6-7-16)12-3-2-8-17-15(12)13/h2-5,8-9,11H,6-7,16H2,1H3. The van der Waals surface area contributed by atoms with Crippen LogP contribution in [0.2, 0.25) is 0 Å². The molecule has 3 rings (SSSR count). The van der Waals surface area contributed by atoms with Gasteiger partial charge in [-0.05, 0) is 37.1 Å². The molecule has 0 spiro atoms. The Kier molecular flexibility index (Phi) is 2.45. The zero-order valence-electron chi connectivity index (χ0n) is 9.98. The first kappa shape index (κ1) is 10.5. The summed E-state index contributed by atoms with van der Waals surface area (Å²) in [7, 11) is 0. The van der Waals surface area contributed by atoms with Crippen molar-refractivity contribution in [2.45, 2.75) is 19.3 Å². The van der Waals surface area contributed by atoms with E-state index in [9.17, 15) is 0 Å². The van der Waals surface area contributed by atoms with Crippen LogP contribution in [0.15, 0.2) is 36.5 Å². The smallest absolute Gasteiger partial charge is 0.0743 e. The highest BCUT2D eigenvalue weighted by atomic mass is 14.7. The Balaban J connectivity index is 2.22. The maximum Gasteiger partial charge on any atom is 0.0743 e. The first-order chi connectivity index (χ1) is 8.31. The summed E-state index contributed by atoms with van der Waals surface area (Å²) >= 11 is 0. The number of pyridine rings is 1. The third kappa shape index (κ3) is 1.56. The van der Waals surface area contributed by atoms with Crippen LogP contribution in [0.4, 0.5) is 0 Å². The van der Waals surface area contributed by atoms with Crippen LogP contribution in [0.5, 0.6) is 0 Å². The number of aryl methyl sites for hydroxylation is 1. The molecule has 1 unspecified atom stereocenters. The van der Waals surface area contributed by atoms with Crippen molar-refractivity contribution in [2.75, 3.05) is 6.54 Å². The Morgan fingerprint density at radius 1 is 1.24 bits per heavy atom. The van der Waals surface area contributed by atoms with Crippen molar-refractivity contribution in [1.82, 2.24) is 4.98 Å². The largest absolute Gasteiger partial charge is 0.330 e. The van der Waals surface area contributed by atoms with Gasteiger partial charge in [-0.1, -0.05) is 29.8 Å². The quantitative estimate of drug-likeness (QED) is 0.852. The monoisotopic (exact) mass is 224 g/mol. The molecular formula is C15H16N2. The summed E-state index contributed by atoms with van der Waals surface area (Å²) in [4.78, 5) is 4.52. The van der Waals surface area contributed by atoms with Gasteiger partial charge in [-0.3, -0.25) is 4.98 Å². The number of benzene rings is 1. The fourth-order valence-corrected chi connectivity index (χ4v) is 2.76. The van der Waals surface area contributed by atoms with Gasteiger partial charge in [-0.25, -0.2) is 0 Å². The Hall–Kier alpha value is -1.67. The van der Waals surface area contributed by atoms with Gasteiger partial charge in [0.2, 0.25) is 0 Å². The highest BCUT2D eigenvalue weighted by Gasteiger charge is 2.28. The summed E-state index contributed by atoms with van der Waals surface area (Å²) in [6.07, 6.45) is 2.86. The lowest BCUT2D eigenvalue weighted by Crippen LogP contribution is -2.06. The van der Waals surface area contributed by atoms with Gasteiger partial charge >= 0.3 is 0 Å². The van der Waals surface area contributed by atoms with Gasteiger partial charge in [0.1, 0.15) is 0 Å². The summed E-state index contributed by atoms with van der Waals surface area (Å²) in [6, 6.07) is 10.8. The minimum atomic E-state index is 0.429. The average Bonchev–Trinajstić information content (AvgIpc) is 2.65. The predicted molar refractivity (Wildman–Crippen MR) is 69.9 cm³/mol. The number of aromatic nitrogens is 1. The molecule has 86 valence electrons. The van der Waals surface area contributed by atoms with Crippen molar-refractivity contribution in [3.05, 3.63) is 53.2 Å². The van der Waals surface area contributed by atoms with Crippen LogP contribution in [0.25, 0.3) is 11.3 Å². The van der Waals surface area contributed by atoms with Gasteiger partial charge in [0.05, 0.1) is 5.69 Å². The van der Waals surface area contributed by atoms with Crippen molar-refractivity contribution < 1.29 is 0 Å². The number of fused-ring (bicyclic) bond motifs is 3. The van der Waals surface area contributed by atoms with E-state index in [1.54, 1.807) is 0 Å². The minimum Gasteiger partial charge on any atom is -0.330 e. The second kappa shape index (κ2) is 3.97. The van der Waals surface area contributed by atoms with Crippen LogP contribution in [0, 0.1) is 6.92 Å². The van der Waals surface area contributed by atoms with Crippen molar-refractivity contribution in [1.29, 1.82) is 0 Å². The van der Waals surface area contributed by atoms with Crippen LogP contribution in [0.1, 0.15) is 29.0 Å². The van der Waals surface area contributed by atoms with Crippen molar-refractivity contribution in [2.24, 2.45) is 5.73 Å². The molecule has 2 nitrogen and oxygen atoms in total. The van der Waals surface area contributed by atoms with Gasteiger partial charge in [0.25, 0.3) is 0 Å². The lowest BCUT2D eigenvalue weighted by molar-refractivity contribution is 0.739. The Morgan fingerprint density at radius 2 is 2.12 bits per heavy atom. The van der Waals surface area contributed by atoms with Crippen molar-refractivity contribution in [3.8, 4) is 11.3 Å². The summed E-state index contributed by atoms with van der Waals surface area (Å²) in [5, 5.41) is 0. The summed E-state index contributed by atoms with van der Waals surface area (Å²) in [6.45, 7) is 2.85. The van der Waals surface area contributed by atoms with Gasteiger partial charge < -0.3 is 5.73 Å². The predicted octanol–water partition coefficient (Wildman–Crippen LogP) is 2.85. The Morgan fingerprint density at radius 3 is 2.94 bits per heavy atom. The van der Waals surface area contributed by atoms with E-state index in [2.05, 4.69) is 36.2 Å². The number of nitrogens with zero attached hydrogens (tertiary/aromatic N) is 1. The molecule has 1 aliphatic carbocycles. The molecule has 1 aromatic carbocycles. The number of hydrogen-bond acceptors (Lipinski definition) is 2. The second-order valence-electron chi connectivity index (χ2n) is 4.66. The number of nitrogens with two attached hydrogens (primary N) is 1. The van der Waals surface area contributed by atoms with E-state index in [4.69, 9.17) is 5.73 Å². The molecule has 1 atom stereocenters. The van der Waals surface area contributed by atoms with Crippen LogP contribution in [-0.2, 0) is 0 Å². The molecule has 2 heteroatoms. The van der Waals surface area contributed by atoms with Gasteiger partial charge in [-0.15, -0.1) is 0 Å². The molecule has 1 heterocycles. The average molecular weight is 224 g/mol. The molecule has 2 aromatic rings. The van der Waals surface area contributed by atoms with E-state index in [-0.39, 0.29) is 0 Å². The van der Waals surface area contributed by atoms with E-state index in [0.29, 0.717) is 12.5 Å². The maximum absolute atomic E-state index is 5.74. The number of rotatable bonds is 2. The molecule has 0 saturated heterocycles. The molecule has 1 aromatic heterocycles. The molecule has 0 fully saturated rings. The highest BCUT2D eigenvalue weighted by molar-refractivity contribution is 5.75. The van der Waals surface area contributed by atoms with Crippen LogP contribution in [-0.4, -0.2) is 11.5 Å². The normalized spacial score (nSPS) is 16.7. The van der Waals surface area contributed by atoms with Gasteiger partial charge in [-0.2, -0.15) is 0 Å². The SMILES string of the molecule is Cc1ccc2c(c1)C(CCN)c1cccnc1-2. The Labute approximate surface area is 102 Å². The van der Waals surface area contributed by atoms with E-state index >= 15 is 0 Å². The van der Waals surface area contributed by atoms with Crippen LogP contribution < -0.4 is 5.73 Å². The van der Waals surface area contributed by atoms with E-state index < -0.39 is 0 Å². The van der Waals surface area contributed by atoms with Crippen molar-refractivity contribution in [3.63, 3.8) is 0 Å². The lowest BCUT2D eigenvalue weighted by atomic mass is 9.93. The summed E-state index contributed by atoms with van der Waals surface area (Å²) in [5.41, 5.74) is 12.2. The minimum absolute atomic E-state index is 0.429.